The maximum absolute atomic E-state index is 12.9. The number of imide groups is 1. The minimum Gasteiger partial charge on any atom is -0.459 e. The molecule has 1 saturated heterocycles. The fourth-order valence-corrected chi connectivity index (χ4v) is 5.61. The first-order valence-corrected chi connectivity index (χ1v) is 12.4. The number of carbonyl (C=O) groups is 2. The molecular formula is C28H34N2O6. The average molecular weight is 495 g/mol. The van der Waals surface area contributed by atoms with Crippen LogP contribution in [0, 0.1) is 23.7 Å². The van der Waals surface area contributed by atoms with Gasteiger partial charge in [0.2, 0.25) is 11.8 Å². The summed E-state index contributed by atoms with van der Waals surface area (Å²) in [4.78, 5) is 31.2. The Kier molecular flexibility index (Phi) is 7.88. The lowest BCUT2D eigenvalue weighted by Crippen LogP contribution is -2.39. The number of nitrogens with zero attached hydrogens (tertiary/aromatic N) is 2. The van der Waals surface area contributed by atoms with Crippen LogP contribution in [0.5, 0.6) is 0 Å². The third-order valence-electron chi connectivity index (χ3n) is 7.43. The quantitative estimate of drug-likeness (QED) is 0.362. The van der Waals surface area contributed by atoms with Gasteiger partial charge in [0.25, 0.3) is 0 Å². The summed E-state index contributed by atoms with van der Waals surface area (Å²) < 4.78 is 5.64. The van der Waals surface area contributed by atoms with Gasteiger partial charge in [-0.25, -0.2) is 0 Å². The maximum atomic E-state index is 12.9. The number of carbonyl (C=O) groups excluding carboxylic acids is 2. The van der Waals surface area contributed by atoms with Crippen molar-refractivity contribution < 1.29 is 29.3 Å². The number of likely N-dealkylation sites (tertiary alicyclic amines) is 1. The molecule has 2 aromatic heterocycles. The molecule has 0 radical (unpaired) electrons. The van der Waals surface area contributed by atoms with Crippen molar-refractivity contribution in [1.29, 1.82) is 0 Å². The molecule has 4 atom stereocenters. The molecule has 8 heteroatoms. The molecule has 192 valence electrons. The number of aromatic nitrogens is 1. The SMILES string of the molecule is CC(C)C1=C([C@H](O)CC/C(=C/c2ccc(CO)o2)c2ccccn2)[C@H](CO)[C@@H]2C(=O)N(C)C(=O)[C@@H]2C1. The predicted octanol–water partition coefficient (Wildman–Crippen LogP) is 3.04. The summed E-state index contributed by atoms with van der Waals surface area (Å²) in [5.41, 5.74) is 3.22. The van der Waals surface area contributed by atoms with Crippen molar-refractivity contribution in [3.05, 3.63) is 64.9 Å². The van der Waals surface area contributed by atoms with Gasteiger partial charge in [0.15, 0.2) is 0 Å². The van der Waals surface area contributed by atoms with Gasteiger partial charge < -0.3 is 19.7 Å². The van der Waals surface area contributed by atoms with Gasteiger partial charge in [-0.15, -0.1) is 0 Å². The molecule has 3 heterocycles. The van der Waals surface area contributed by atoms with E-state index in [0.29, 0.717) is 36.4 Å². The van der Waals surface area contributed by atoms with E-state index in [0.717, 1.165) is 21.7 Å². The van der Waals surface area contributed by atoms with E-state index in [1.165, 1.54) is 7.05 Å². The molecule has 2 amide bonds. The first-order chi connectivity index (χ1) is 17.3. The van der Waals surface area contributed by atoms with Crippen LogP contribution in [0.15, 0.2) is 52.1 Å². The van der Waals surface area contributed by atoms with Crippen LogP contribution in [-0.4, -0.2) is 56.8 Å². The molecule has 0 aromatic carbocycles. The average Bonchev–Trinajstić information content (AvgIpc) is 3.43. The number of rotatable bonds is 9. The normalized spacial score (nSPS) is 23.6. The highest BCUT2D eigenvalue weighted by Gasteiger charge is 2.53. The zero-order valence-corrected chi connectivity index (χ0v) is 20.9. The Labute approximate surface area is 211 Å². The van der Waals surface area contributed by atoms with Crippen molar-refractivity contribution in [3.63, 3.8) is 0 Å². The fourth-order valence-electron chi connectivity index (χ4n) is 5.61. The summed E-state index contributed by atoms with van der Waals surface area (Å²) in [6, 6.07) is 9.07. The smallest absolute Gasteiger partial charge is 0.233 e. The van der Waals surface area contributed by atoms with E-state index in [-0.39, 0.29) is 30.9 Å². The molecule has 3 N–H and O–H groups in total. The summed E-state index contributed by atoms with van der Waals surface area (Å²) in [7, 11) is 1.49. The van der Waals surface area contributed by atoms with Crippen LogP contribution in [0.25, 0.3) is 11.6 Å². The molecule has 36 heavy (non-hydrogen) atoms. The maximum Gasteiger partial charge on any atom is 0.233 e. The number of allylic oxidation sites excluding steroid dienone is 2. The van der Waals surface area contributed by atoms with Crippen molar-refractivity contribution in [2.75, 3.05) is 13.7 Å². The number of aliphatic hydroxyl groups is 3. The lowest BCUT2D eigenvalue weighted by molar-refractivity contribution is -0.138. The molecule has 0 unspecified atom stereocenters. The molecular weight excluding hydrogens is 460 g/mol. The number of hydrogen-bond donors (Lipinski definition) is 3. The Balaban J connectivity index is 1.64. The number of amides is 2. The van der Waals surface area contributed by atoms with Gasteiger partial charge in [0, 0.05) is 19.2 Å². The standard InChI is InChI=1S/C28H34N2O6/c1-16(2)20-13-21-26(28(35)30(3)27(21)34)22(15-32)25(20)24(33)10-7-17(23-6-4-5-11-29-23)12-18-8-9-19(14-31)36-18/h4-6,8-9,11-12,16,21-22,24,26,31-33H,7,10,13-15H2,1-3H3/b17-12-/t21-,22+,24-,26-/m1/s1. The number of hydrogen-bond acceptors (Lipinski definition) is 7. The first-order valence-electron chi connectivity index (χ1n) is 12.4. The molecule has 2 aromatic rings. The Morgan fingerprint density at radius 3 is 2.58 bits per heavy atom. The Bertz CT molecular complexity index is 1170. The monoisotopic (exact) mass is 494 g/mol. The van der Waals surface area contributed by atoms with E-state index < -0.39 is 23.9 Å². The highest BCUT2D eigenvalue weighted by Crippen LogP contribution is 2.47. The van der Waals surface area contributed by atoms with Crippen molar-refractivity contribution in [3.8, 4) is 0 Å². The molecule has 8 nitrogen and oxygen atoms in total. The van der Waals surface area contributed by atoms with Crippen molar-refractivity contribution in [2.24, 2.45) is 23.7 Å². The van der Waals surface area contributed by atoms with E-state index in [4.69, 9.17) is 4.42 Å². The number of pyridine rings is 1. The van der Waals surface area contributed by atoms with Crippen molar-refractivity contribution in [1.82, 2.24) is 9.88 Å². The number of aliphatic hydroxyl groups excluding tert-OH is 3. The predicted molar refractivity (Wildman–Crippen MR) is 134 cm³/mol. The van der Waals surface area contributed by atoms with Crippen LogP contribution in [0.3, 0.4) is 0 Å². The Morgan fingerprint density at radius 2 is 1.97 bits per heavy atom. The van der Waals surface area contributed by atoms with Gasteiger partial charge in [0.1, 0.15) is 18.1 Å². The first kappa shape index (κ1) is 26.0. The van der Waals surface area contributed by atoms with E-state index in [1.54, 1.807) is 18.3 Å². The van der Waals surface area contributed by atoms with Crippen molar-refractivity contribution >= 4 is 23.5 Å². The zero-order chi connectivity index (χ0) is 26.0. The van der Waals surface area contributed by atoms with Crippen LogP contribution in [0.4, 0.5) is 0 Å². The molecule has 1 aliphatic heterocycles. The van der Waals surface area contributed by atoms with Crippen LogP contribution >= 0.6 is 0 Å². The molecule has 1 aliphatic carbocycles. The van der Waals surface area contributed by atoms with Gasteiger partial charge in [-0.2, -0.15) is 0 Å². The molecule has 4 rings (SSSR count). The van der Waals surface area contributed by atoms with Crippen LogP contribution in [0.2, 0.25) is 0 Å². The number of fused-ring (bicyclic) bond motifs is 1. The van der Waals surface area contributed by atoms with Gasteiger partial charge in [-0.1, -0.05) is 25.5 Å². The molecule has 0 spiro atoms. The third kappa shape index (κ3) is 4.93. The Morgan fingerprint density at radius 1 is 1.19 bits per heavy atom. The Hall–Kier alpha value is -3.07. The zero-order valence-electron chi connectivity index (χ0n) is 20.9. The van der Waals surface area contributed by atoms with Crippen LogP contribution in [0.1, 0.15) is 50.3 Å². The van der Waals surface area contributed by atoms with Gasteiger partial charge in [-0.05, 0) is 66.7 Å². The molecule has 0 saturated carbocycles. The summed E-state index contributed by atoms with van der Waals surface area (Å²) in [6.45, 7) is 3.52. The molecule has 0 bridgehead atoms. The molecule has 1 fully saturated rings. The molecule has 2 aliphatic rings. The highest BCUT2D eigenvalue weighted by atomic mass is 16.4. The minimum atomic E-state index is -0.897. The van der Waals surface area contributed by atoms with Crippen LogP contribution in [-0.2, 0) is 16.2 Å². The number of furan rings is 1. The largest absolute Gasteiger partial charge is 0.459 e. The lowest BCUT2D eigenvalue weighted by Gasteiger charge is -2.38. The van der Waals surface area contributed by atoms with E-state index in [9.17, 15) is 24.9 Å². The fraction of sp³-hybridized carbons (Fsp3) is 0.464. The second-order valence-electron chi connectivity index (χ2n) is 9.90. The summed E-state index contributed by atoms with van der Waals surface area (Å²) in [5.74, 6) is -1.15. The van der Waals surface area contributed by atoms with E-state index in [2.05, 4.69) is 4.98 Å². The van der Waals surface area contributed by atoms with Crippen molar-refractivity contribution in [2.45, 2.75) is 45.8 Å². The minimum absolute atomic E-state index is 0.0595. The van der Waals surface area contributed by atoms with Gasteiger partial charge >= 0.3 is 0 Å². The highest BCUT2D eigenvalue weighted by molar-refractivity contribution is 6.05. The van der Waals surface area contributed by atoms with E-state index >= 15 is 0 Å². The second kappa shape index (κ2) is 10.9. The van der Waals surface area contributed by atoms with Crippen LogP contribution < -0.4 is 0 Å². The van der Waals surface area contributed by atoms with E-state index in [1.807, 2.05) is 38.1 Å². The summed E-state index contributed by atoms with van der Waals surface area (Å²) in [5, 5.41) is 31.1. The second-order valence-corrected chi connectivity index (χ2v) is 9.90. The van der Waals surface area contributed by atoms with Gasteiger partial charge in [0.05, 0.1) is 30.2 Å². The lowest BCUT2D eigenvalue weighted by atomic mass is 9.66. The van der Waals surface area contributed by atoms with Gasteiger partial charge in [-0.3, -0.25) is 19.5 Å². The topological polar surface area (TPSA) is 124 Å². The third-order valence-corrected chi connectivity index (χ3v) is 7.43. The summed E-state index contributed by atoms with van der Waals surface area (Å²) in [6.07, 6.45) is 3.86. The summed E-state index contributed by atoms with van der Waals surface area (Å²) >= 11 is 0.